The number of amides is 4. The maximum absolute atomic E-state index is 11.9. The van der Waals surface area contributed by atoms with E-state index in [1.165, 1.54) is 67.3 Å². The Morgan fingerprint density at radius 1 is 0.407 bits per heavy atom. The molecule has 598 valence electrons. The number of sulfonamides is 4. The molecule has 0 fully saturated rings. The van der Waals surface area contributed by atoms with E-state index in [1.54, 1.807) is 48.5 Å². The molecule has 0 unspecified atom stereocenters. The van der Waals surface area contributed by atoms with E-state index >= 15 is 0 Å². The number of anilines is 8. The lowest BCUT2D eigenvalue weighted by Gasteiger charge is -2.09. The molecule has 12 aromatic heterocycles. The van der Waals surface area contributed by atoms with Gasteiger partial charge >= 0.3 is 0 Å². The summed E-state index contributed by atoms with van der Waals surface area (Å²) in [6, 6.07) is 19.6. The fourth-order valence-corrected chi connectivity index (χ4v) is 15.8. The van der Waals surface area contributed by atoms with Crippen LogP contribution in [0.25, 0.3) is 86.4 Å². The quantitative estimate of drug-likeness (QED) is 0.0273. The van der Waals surface area contributed by atoms with Crippen LogP contribution in [0.4, 0.5) is 43.3 Å². The van der Waals surface area contributed by atoms with Crippen molar-refractivity contribution in [1.29, 1.82) is 0 Å². The average molecular weight is 1790 g/mol. The Labute approximate surface area is 675 Å². The number of hydrogen-bond acceptors (Lipinski definition) is 35. The van der Waals surface area contributed by atoms with Crippen LogP contribution in [0.1, 0.15) is 19.8 Å². The van der Waals surface area contributed by atoms with Gasteiger partial charge in [0.15, 0.2) is 47.2 Å². The third kappa shape index (κ3) is 25.8. The van der Waals surface area contributed by atoms with Gasteiger partial charge in [-0.1, -0.05) is 91.8 Å². The molecule has 0 radical (unpaired) electrons. The first-order chi connectivity index (χ1) is 53.2. The molecular weight excluding hydrogens is 1730 g/mol. The first-order valence-electron chi connectivity index (χ1n) is 31.6. The Kier molecular flexibility index (Phi) is 29.5. The van der Waals surface area contributed by atoms with Crippen molar-refractivity contribution in [2.75, 3.05) is 91.1 Å². The maximum Gasteiger partial charge on any atom is 0.257 e. The number of aliphatic hydroxyl groups is 7. The molecular formula is C62H60Cl4N20O19S8. The van der Waals surface area contributed by atoms with E-state index in [9.17, 15) is 68.2 Å². The molecule has 15 N–H and O–H groups in total. The van der Waals surface area contributed by atoms with E-state index in [1.807, 2.05) is 0 Å². The van der Waals surface area contributed by atoms with Crippen molar-refractivity contribution < 1.29 is 88.6 Å². The van der Waals surface area contributed by atoms with E-state index in [0.29, 0.717) is 102 Å². The largest absolute Gasteiger partial charge is 0.395 e. The summed E-state index contributed by atoms with van der Waals surface area (Å²) in [4.78, 5) is 99.4. The summed E-state index contributed by atoms with van der Waals surface area (Å²) >= 11 is 28.3. The van der Waals surface area contributed by atoms with Gasteiger partial charge in [-0.05, 0) is 72.8 Å². The minimum atomic E-state index is -3.74. The number of carbonyl (C=O) groups excluding carboxylic acids is 4. The average Bonchev–Trinajstić information content (AvgIpc) is 1.73. The van der Waals surface area contributed by atoms with Crippen molar-refractivity contribution in [2.45, 2.75) is 38.1 Å². The number of rotatable bonds is 26. The maximum atomic E-state index is 11.9. The lowest BCUT2D eigenvalue weighted by Crippen LogP contribution is -2.30. The first-order valence-corrected chi connectivity index (χ1v) is 43.7. The number of nitrogens with zero attached hydrogens (tertiary/aromatic N) is 12. The van der Waals surface area contributed by atoms with Crippen LogP contribution in [0.15, 0.2) is 97.6 Å². The van der Waals surface area contributed by atoms with Gasteiger partial charge in [0.05, 0.1) is 122 Å². The second kappa shape index (κ2) is 38.1. The SMILES string of the molecule is CC(=O)Nc1nc2ccc(-c3cnc(Cl)c(NS(=O)(=O)CCO)c3)nc2s1.CS(=O)(=O)Nc1cc(-c2ccc3nc(NC(=O)C[C@@H](O)CO)sc3n2)cnc1Cl.CS(=O)(=O)Nc1cc(-c2ccc3nc(NC(=O)C[C@H](O)CO)sc3n2)cnc1Cl.CS(=O)(=O)Nc1cc(-c2ccc3nc(NC(=O)[C@@H](O)CO)sc3n2)cnc1Cl. The standard InChI is InChI=1S/2C16H16ClN5O5S2.C15H14ClN5O5S2.C15H14ClN5O4S2/c2*1-29(26,27)22-12-4-8(6-18-14(12)17)10-2-3-11-15(19-10)28-16(20-11)21-13(25)5-9(24)7-23;1-28(25,26)21-10-4-7(5-17-12(10)16)8-2-3-9-14(18-8)27-15(19-9)20-13(24)11(23)6-22;1-8(23)18-15-20-11-3-2-10(19-14(11)26-15)9-6-12(13(16)17-7-9)21-27(24,25)5-4-22/h2*2-4,6,9,22-24H,5,7H2,1H3,(H,20,21,25);2-5,11,21-23H,6H2,1H3,(H,19,20,24);2-3,6-7,21-22H,4-5H2,1H3,(H,18,20,23)/t2*9-;11-;/m100./s1. The Hall–Kier alpha value is -9.48. The van der Waals surface area contributed by atoms with E-state index < -0.39 is 108 Å². The topological polar surface area (TPSA) is 597 Å². The monoisotopic (exact) mass is 1780 g/mol. The van der Waals surface area contributed by atoms with Gasteiger partial charge in [0.1, 0.15) is 41.4 Å². The Morgan fingerprint density at radius 2 is 0.690 bits per heavy atom. The van der Waals surface area contributed by atoms with Crippen LogP contribution < -0.4 is 40.2 Å². The zero-order valence-corrected chi connectivity index (χ0v) is 67.6. The van der Waals surface area contributed by atoms with Gasteiger partial charge in [-0.3, -0.25) is 43.4 Å². The summed E-state index contributed by atoms with van der Waals surface area (Å²) in [5.41, 5.74) is 6.89. The molecule has 0 aromatic carbocycles. The molecule has 4 amide bonds. The molecule has 0 saturated heterocycles. The van der Waals surface area contributed by atoms with Crippen LogP contribution in [-0.4, -0.2) is 222 Å². The number of pyridine rings is 8. The second-order valence-electron chi connectivity index (χ2n) is 23.2. The number of fused-ring (bicyclic) bond motifs is 4. The number of thiazole rings is 4. The van der Waals surface area contributed by atoms with E-state index in [-0.39, 0.29) is 67.2 Å². The molecule has 39 nitrogen and oxygen atoms in total. The summed E-state index contributed by atoms with van der Waals surface area (Å²) in [5, 5.41) is 74.5. The van der Waals surface area contributed by atoms with Gasteiger partial charge in [-0.15, -0.1) is 0 Å². The van der Waals surface area contributed by atoms with E-state index in [0.717, 1.165) is 52.8 Å². The highest BCUT2D eigenvalue weighted by molar-refractivity contribution is 7.93. The molecule has 3 atom stereocenters. The number of nitrogens with one attached hydrogen (secondary N) is 8. The molecule has 0 aliphatic heterocycles. The summed E-state index contributed by atoms with van der Waals surface area (Å²) in [6.45, 7) is -0.844. The summed E-state index contributed by atoms with van der Waals surface area (Å²) in [6.07, 6.45) is 4.53. The van der Waals surface area contributed by atoms with Crippen molar-refractivity contribution in [1.82, 2.24) is 59.8 Å². The number of carbonyl (C=O) groups is 4. The van der Waals surface area contributed by atoms with Gasteiger partial charge in [0.2, 0.25) is 57.8 Å². The number of hydrogen-bond donors (Lipinski definition) is 15. The van der Waals surface area contributed by atoms with Gasteiger partial charge in [0, 0.05) is 54.0 Å². The van der Waals surface area contributed by atoms with Crippen molar-refractivity contribution in [2.24, 2.45) is 0 Å². The van der Waals surface area contributed by atoms with Crippen molar-refractivity contribution in [3.05, 3.63) is 118 Å². The molecule has 0 saturated carbocycles. The molecule has 12 heterocycles. The number of aromatic nitrogens is 12. The fourth-order valence-electron chi connectivity index (χ4n) is 9.02. The van der Waals surface area contributed by atoms with Crippen LogP contribution in [0.5, 0.6) is 0 Å². The van der Waals surface area contributed by atoms with E-state index in [2.05, 4.69) is 100.0 Å². The normalized spacial score (nSPS) is 12.4. The number of halogens is 4. The summed E-state index contributed by atoms with van der Waals surface area (Å²) in [5.74, 6) is -2.42. The predicted molar refractivity (Wildman–Crippen MR) is 431 cm³/mol. The summed E-state index contributed by atoms with van der Waals surface area (Å²) in [7, 11) is -14.3. The minimum Gasteiger partial charge on any atom is -0.395 e. The lowest BCUT2D eigenvalue weighted by molar-refractivity contribution is -0.125. The molecule has 12 rings (SSSR count). The third-order valence-corrected chi connectivity index (χ3v) is 21.6. The van der Waals surface area contributed by atoms with Crippen LogP contribution >= 0.6 is 91.8 Å². The number of aliphatic hydroxyl groups excluding tert-OH is 7. The second-order valence-corrected chi connectivity index (χ2v) is 35.7. The van der Waals surface area contributed by atoms with Gasteiger partial charge in [-0.2, -0.15) is 0 Å². The predicted octanol–water partition coefficient (Wildman–Crippen LogP) is 6.09. The minimum absolute atomic E-state index is 0.000447. The van der Waals surface area contributed by atoms with Crippen LogP contribution in [0, 0.1) is 0 Å². The first kappa shape index (κ1) is 87.5. The van der Waals surface area contributed by atoms with Crippen LogP contribution in [-0.2, 0) is 59.3 Å². The molecule has 0 spiro atoms. The molecule has 0 aliphatic carbocycles. The molecule has 0 aliphatic rings. The zero-order valence-electron chi connectivity index (χ0n) is 58.1. The van der Waals surface area contributed by atoms with Gasteiger partial charge < -0.3 is 51.7 Å². The van der Waals surface area contributed by atoms with Gasteiger partial charge in [-0.25, -0.2) is 93.5 Å². The van der Waals surface area contributed by atoms with Crippen molar-refractivity contribution in [3.63, 3.8) is 0 Å². The Morgan fingerprint density at radius 3 is 0.956 bits per heavy atom. The smallest absolute Gasteiger partial charge is 0.257 e. The molecule has 12 aromatic rings. The molecule has 51 heteroatoms. The Bertz CT molecular complexity index is 5870. The van der Waals surface area contributed by atoms with Crippen molar-refractivity contribution >= 4 is 240 Å². The highest BCUT2D eigenvalue weighted by atomic mass is 35.5. The summed E-state index contributed by atoms with van der Waals surface area (Å²) < 4.78 is 102. The van der Waals surface area contributed by atoms with Crippen LogP contribution in [0.3, 0.4) is 0 Å². The van der Waals surface area contributed by atoms with Crippen LogP contribution in [0.2, 0.25) is 20.6 Å². The molecule has 113 heavy (non-hydrogen) atoms. The molecule has 0 bridgehead atoms. The zero-order chi connectivity index (χ0) is 82.4. The highest BCUT2D eigenvalue weighted by Gasteiger charge is 2.22. The lowest BCUT2D eigenvalue weighted by atomic mass is 10.2. The third-order valence-electron chi connectivity index (χ3n) is 13.8. The van der Waals surface area contributed by atoms with E-state index in [4.69, 9.17) is 66.8 Å². The highest BCUT2D eigenvalue weighted by Crippen LogP contribution is 2.36. The fraction of sp³-hybridized carbons (Fsp3) is 0.226. The van der Waals surface area contributed by atoms with Crippen molar-refractivity contribution in [3.8, 4) is 45.0 Å². The van der Waals surface area contributed by atoms with Gasteiger partial charge in [0.25, 0.3) is 5.91 Å². The Balaban J connectivity index is 0.000000173.